The molecule has 0 atom stereocenters. The van der Waals surface area contributed by atoms with Crippen LogP contribution in [0.25, 0.3) is 0 Å². The van der Waals surface area contributed by atoms with E-state index in [4.69, 9.17) is 0 Å². The number of hydrogen-bond acceptors (Lipinski definition) is 3. The molecule has 0 spiro atoms. The Hall–Kier alpha value is -0.990. The van der Waals surface area contributed by atoms with E-state index in [1.807, 2.05) is 0 Å². The molecule has 0 radical (unpaired) electrons. The summed E-state index contributed by atoms with van der Waals surface area (Å²) < 4.78 is 8.48. The number of carbonyl (C=O) groups excluding carboxylic acids is 1. The Morgan fingerprint density at radius 2 is 2.29 bits per heavy atom. The van der Waals surface area contributed by atoms with Crippen molar-refractivity contribution in [3.8, 4) is 0 Å². The summed E-state index contributed by atoms with van der Waals surface area (Å²) in [5, 5.41) is 0. The summed E-state index contributed by atoms with van der Waals surface area (Å²) in [5.41, 5.74) is 0. The van der Waals surface area contributed by atoms with Crippen LogP contribution in [0.5, 0.6) is 0 Å². The quantitative estimate of drug-likeness (QED) is 0.221. The monoisotopic (exact) mass is 102 g/mol. The lowest BCUT2D eigenvalue weighted by Gasteiger charge is -1.92. The minimum atomic E-state index is -0.0486. The van der Waals surface area contributed by atoms with E-state index in [1.54, 1.807) is 0 Å². The first kappa shape index (κ1) is 6.01. The first-order chi connectivity index (χ1) is 3.41. The van der Waals surface area contributed by atoms with Gasteiger partial charge in [-0.2, -0.15) is 0 Å². The summed E-state index contributed by atoms with van der Waals surface area (Å²) in [6, 6.07) is 0. The van der Waals surface area contributed by atoms with Gasteiger partial charge in [0.15, 0.2) is 0 Å². The fraction of sp³-hybridized carbons (Fsp3) is 0.250. The Bertz CT molecular complexity index is 52.0. The van der Waals surface area contributed by atoms with Gasteiger partial charge in [-0.3, -0.25) is 4.79 Å². The largest absolute Gasteiger partial charge is 0.466 e. The molecule has 0 aliphatic heterocycles. The second-order valence-electron chi connectivity index (χ2n) is 0.714. The van der Waals surface area contributed by atoms with Crippen LogP contribution in [0.2, 0.25) is 0 Å². The molecule has 40 valence electrons. The third kappa shape index (κ3) is 5.01. The zero-order valence-electron chi connectivity index (χ0n) is 3.79. The highest BCUT2D eigenvalue weighted by molar-refractivity contribution is 5.36. The van der Waals surface area contributed by atoms with Gasteiger partial charge < -0.3 is 9.47 Å². The van der Waals surface area contributed by atoms with Gasteiger partial charge in [0.2, 0.25) is 6.79 Å². The molecule has 0 N–H and O–H groups in total. The maximum atomic E-state index is 9.34. The third-order valence-electron chi connectivity index (χ3n) is 0.322. The summed E-state index contributed by atoms with van der Waals surface area (Å²) in [7, 11) is 0. The van der Waals surface area contributed by atoms with Crippen LogP contribution in [0.4, 0.5) is 0 Å². The first-order valence-electron chi connectivity index (χ1n) is 1.69. The van der Waals surface area contributed by atoms with E-state index in [1.165, 1.54) is 6.26 Å². The van der Waals surface area contributed by atoms with E-state index >= 15 is 0 Å². The Kier molecular flexibility index (Phi) is 4.30. The average Bonchev–Trinajstić information content (AvgIpc) is 1.69. The maximum absolute atomic E-state index is 9.34. The maximum Gasteiger partial charge on any atom is 0.295 e. The molecule has 0 aliphatic carbocycles. The molecular formula is C4H6O3. The lowest BCUT2D eigenvalue weighted by atomic mass is 11.1. The van der Waals surface area contributed by atoms with Gasteiger partial charge >= 0.3 is 0 Å². The zero-order valence-corrected chi connectivity index (χ0v) is 3.79. The van der Waals surface area contributed by atoms with Crippen molar-refractivity contribution in [1.29, 1.82) is 0 Å². The van der Waals surface area contributed by atoms with E-state index in [0.717, 1.165) is 0 Å². The normalized spacial score (nSPS) is 6.86. The molecule has 0 aliphatic rings. The van der Waals surface area contributed by atoms with Crippen LogP contribution in [0.15, 0.2) is 12.8 Å². The van der Waals surface area contributed by atoms with E-state index in [9.17, 15) is 4.79 Å². The van der Waals surface area contributed by atoms with Gasteiger partial charge in [-0.25, -0.2) is 0 Å². The number of hydrogen-bond donors (Lipinski definition) is 0. The first-order valence-corrected chi connectivity index (χ1v) is 1.69. The van der Waals surface area contributed by atoms with Crippen LogP contribution >= 0.6 is 0 Å². The van der Waals surface area contributed by atoms with Crippen LogP contribution in [0.3, 0.4) is 0 Å². The SMILES string of the molecule is C=COCOC=O. The van der Waals surface area contributed by atoms with Crippen LogP contribution < -0.4 is 0 Å². The van der Waals surface area contributed by atoms with E-state index in [-0.39, 0.29) is 6.79 Å². The molecule has 3 nitrogen and oxygen atoms in total. The molecule has 0 rings (SSSR count). The van der Waals surface area contributed by atoms with Gasteiger partial charge in [-0.1, -0.05) is 6.58 Å². The number of carbonyl (C=O) groups is 1. The Balaban J connectivity index is 2.68. The highest BCUT2D eigenvalue weighted by Crippen LogP contribution is 1.70. The molecule has 0 amide bonds. The van der Waals surface area contributed by atoms with Crippen LogP contribution in [0, 0.1) is 0 Å². The Morgan fingerprint density at radius 3 is 2.71 bits per heavy atom. The molecule has 0 bridgehead atoms. The highest BCUT2D eigenvalue weighted by atomic mass is 16.7. The average molecular weight is 102 g/mol. The van der Waals surface area contributed by atoms with E-state index < -0.39 is 0 Å². The van der Waals surface area contributed by atoms with E-state index in [0.29, 0.717) is 6.47 Å². The van der Waals surface area contributed by atoms with Gasteiger partial charge in [-0.05, 0) is 0 Å². The Morgan fingerprint density at radius 1 is 1.57 bits per heavy atom. The molecule has 0 aromatic rings. The van der Waals surface area contributed by atoms with Crippen molar-refractivity contribution in [1.82, 2.24) is 0 Å². The van der Waals surface area contributed by atoms with Crippen molar-refractivity contribution in [2.45, 2.75) is 0 Å². The molecule has 0 saturated heterocycles. The third-order valence-corrected chi connectivity index (χ3v) is 0.322. The number of ether oxygens (including phenoxy) is 2. The minimum Gasteiger partial charge on any atom is -0.466 e. The fourth-order valence-electron chi connectivity index (χ4n) is 0.115. The summed E-state index contributed by atoms with van der Waals surface area (Å²) >= 11 is 0. The smallest absolute Gasteiger partial charge is 0.295 e. The molecule has 0 aromatic carbocycles. The molecule has 0 unspecified atom stereocenters. The second kappa shape index (κ2) is 5.01. The molecule has 3 heteroatoms. The second-order valence-corrected chi connectivity index (χ2v) is 0.714. The molecule has 0 heterocycles. The van der Waals surface area contributed by atoms with Crippen LogP contribution in [-0.4, -0.2) is 13.3 Å². The highest BCUT2D eigenvalue weighted by Gasteiger charge is 1.71. The van der Waals surface area contributed by atoms with Crippen molar-refractivity contribution in [2.75, 3.05) is 6.79 Å². The van der Waals surface area contributed by atoms with Gasteiger partial charge in [0.05, 0.1) is 6.26 Å². The summed E-state index contributed by atoms with van der Waals surface area (Å²) in [6.07, 6.45) is 1.20. The van der Waals surface area contributed by atoms with Crippen molar-refractivity contribution in [2.24, 2.45) is 0 Å². The van der Waals surface area contributed by atoms with Crippen molar-refractivity contribution in [3.05, 3.63) is 12.8 Å². The molecular weight excluding hydrogens is 96.0 g/mol. The summed E-state index contributed by atoms with van der Waals surface area (Å²) in [4.78, 5) is 9.34. The molecule has 7 heavy (non-hydrogen) atoms. The molecule has 0 fully saturated rings. The zero-order chi connectivity index (χ0) is 5.54. The van der Waals surface area contributed by atoms with Crippen molar-refractivity contribution < 1.29 is 14.3 Å². The van der Waals surface area contributed by atoms with Crippen molar-refractivity contribution in [3.63, 3.8) is 0 Å². The summed E-state index contributed by atoms with van der Waals surface area (Å²) in [5.74, 6) is 0. The summed E-state index contributed by atoms with van der Waals surface area (Å²) in [6.45, 7) is 3.47. The van der Waals surface area contributed by atoms with Gasteiger partial charge in [0.1, 0.15) is 0 Å². The number of rotatable bonds is 4. The lowest BCUT2D eigenvalue weighted by Crippen LogP contribution is -1.90. The predicted molar refractivity (Wildman–Crippen MR) is 23.3 cm³/mol. The van der Waals surface area contributed by atoms with Crippen molar-refractivity contribution >= 4 is 6.47 Å². The topological polar surface area (TPSA) is 35.5 Å². The van der Waals surface area contributed by atoms with Gasteiger partial charge in [0, 0.05) is 0 Å². The Labute approximate surface area is 41.5 Å². The van der Waals surface area contributed by atoms with Gasteiger partial charge in [0.25, 0.3) is 6.47 Å². The lowest BCUT2D eigenvalue weighted by molar-refractivity contribution is -0.136. The molecule has 0 aromatic heterocycles. The van der Waals surface area contributed by atoms with Crippen LogP contribution in [-0.2, 0) is 14.3 Å². The fourth-order valence-corrected chi connectivity index (χ4v) is 0.115. The molecule has 0 saturated carbocycles. The van der Waals surface area contributed by atoms with Crippen LogP contribution in [0.1, 0.15) is 0 Å². The van der Waals surface area contributed by atoms with E-state index in [2.05, 4.69) is 16.1 Å². The predicted octanol–water partition coefficient (Wildman–Crippen LogP) is 0.277. The minimum absolute atomic E-state index is 0.0486. The standard InChI is InChI=1S/C4H6O3/c1-2-6-4-7-3-5/h2-3H,1,4H2. The van der Waals surface area contributed by atoms with Gasteiger partial charge in [-0.15, -0.1) is 0 Å².